The molecule has 12 N–H and O–H groups in total. The molecule has 7 amide bonds. The van der Waals surface area contributed by atoms with Gasteiger partial charge in [0.25, 0.3) is 0 Å². The summed E-state index contributed by atoms with van der Waals surface area (Å²) in [7, 11) is 0. The van der Waals surface area contributed by atoms with Crippen LogP contribution in [0.15, 0.2) is 35.5 Å². The van der Waals surface area contributed by atoms with Crippen LogP contribution in [0.2, 0.25) is 0 Å². The van der Waals surface area contributed by atoms with Crippen molar-refractivity contribution in [2.45, 2.75) is 81.6 Å². The van der Waals surface area contributed by atoms with Crippen molar-refractivity contribution in [3.05, 3.63) is 36.0 Å². The number of para-hydroxylation sites is 1. The molecule has 2 aromatic rings. The van der Waals surface area contributed by atoms with Crippen molar-refractivity contribution in [2.24, 2.45) is 16.6 Å². The fourth-order valence-electron chi connectivity index (χ4n) is 6.20. The number of hydrazine groups is 1. The Hall–Kier alpha value is -5.35. The van der Waals surface area contributed by atoms with E-state index in [0.717, 1.165) is 10.9 Å². The maximum absolute atomic E-state index is 14.2. The zero-order valence-electron chi connectivity index (χ0n) is 31.2. The number of aromatic amines is 1. The summed E-state index contributed by atoms with van der Waals surface area (Å²) in [6.07, 6.45) is 4.03. The molecule has 0 aliphatic carbocycles. The number of thiol groups is 2. The van der Waals surface area contributed by atoms with Crippen molar-refractivity contribution in [3.63, 3.8) is 0 Å². The number of nitrogens with zero attached hydrogens (tertiary/aromatic N) is 2. The first-order valence-electron chi connectivity index (χ1n) is 18.3. The Morgan fingerprint density at radius 2 is 1.68 bits per heavy atom. The standard InChI is InChI=1S/C35H51N11O9S2/c36-31(51)26(18-57)45-34(54)27-9-5-12-46(27)35(55)25(14-20-16-39-22-7-2-1-6-21(20)22)44-33(53)24(15-30(49)50)43-29(48)17-40-32(52)23(42-28(47)10-13-56)8-3-4-11-38-19-41-37/h1-2,6-7,16,19,23-27,39,56-57H,3-5,8-15,17-18,37H2,(H2,36,51)(H,38,41)(H,40,52)(H,42,47)(H,43,48)(H,44,53)(H,45,54)(H,49,50)/t23-,24-,25-,26-,27-/m0/s1. The number of aliphatic imine (C=N–C) groups is 1. The number of likely N-dealkylation sites (tertiary alicyclic amines) is 1. The Morgan fingerprint density at radius 1 is 0.947 bits per heavy atom. The molecule has 20 nitrogen and oxygen atoms in total. The van der Waals surface area contributed by atoms with Gasteiger partial charge in [-0.2, -0.15) is 25.3 Å². The van der Waals surface area contributed by atoms with Crippen molar-refractivity contribution < 1.29 is 43.5 Å². The Morgan fingerprint density at radius 3 is 2.37 bits per heavy atom. The summed E-state index contributed by atoms with van der Waals surface area (Å²) in [4.78, 5) is 112. The molecule has 1 aromatic heterocycles. The number of aliphatic carboxylic acids is 1. The van der Waals surface area contributed by atoms with Crippen LogP contribution in [0.1, 0.15) is 50.5 Å². The number of primary amides is 1. The predicted octanol–water partition coefficient (Wildman–Crippen LogP) is -2.37. The second kappa shape index (κ2) is 23.7. The van der Waals surface area contributed by atoms with Crippen LogP contribution >= 0.6 is 25.3 Å². The summed E-state index contributed by atoms with van der Waals surface area (Å²) in [5.41, 5.74) is 9.03. The van der Waals surface area contributed by atoms with Crippen molar-refractivity contribution in [2.75, 3.05) is 31.1 Å². The van der Waals surface area contributed by atoms with Crippen molar-refractivity contribution in [1.82, 2.24) is 41.9 Å². The van der Waals surface area contributed by atoms with Gasteiger partial charge in [-0.3, -0.25) is 43.3 Å². The Labute approximate surface area is 339 Å². The van der Waals surface area contributed by atoms with E-state index in [-0.39, 0.29) is 43.7 Å². The van der Waals surface area contributed by atoms with Crippen LogP contribution in [0.3, 0.4) is 0 Å². The number of hydrogen-bond acceptors (Lipinski definition) is 12. The van der Waals surface area contributed by atoms with Gasteiger partial charge in [0.05, 0.1) is 19.3 Å². The highest BCUT2D eigenvalue weighted by Gasteiger charge is 2.39. The first-order valence-corrected chi connectivity index (χ1v) is 19.6. The highest BCUT2D eigenvalue weighted by atomic mass is 32.1. The molecule has 1 fully saturated rings. The van der Waals surface area contributed by atoms with E-state index in [9.17, 15) is 43.5 Å². The monoisotopic (exact) mass is 833 g/mol. The normalized spacial score (nSPS) is 15.9. The Kier molecular flexibility index (Phi) is 19.1. The first kappa shape index (κ1) is 46.0. The van der Waals surface area contributed by atoms with Crippen molar-refractivity contribution in [1.29, 1.82) is 0 Å². The van der Waals surface area contributed by atoms with E-state index >= 15 is 0 Å². The Bertz CT molecular complexity index is 1780. The summed E-state index contributed by atoms with van der Waals surface area (Å²) >= 11 is 8.10. The van der Waals surface area contributed by atoms with Gasteiger partial charge in [-0.15, -0.1) is 0 Å². The molecule has 0 radical (unpaired) electrons. The highest BCUT2D eigenvalue weighted by Crippen LogP contribution is 2.23. The molecular formula is C35H51N11O9S2. The molecule has 3 rings (SSSR count). The fourth-order valence-corrected chi connectivity index (χ4v) is 6.67. The van der Waals surface area contributed by atoms with Gasteiger partial charge in [0.15, 0.2) is 0 Å². The maximum atomic E-state index is 14.2. The number of benzene rings is 1. The SMILES string of the molecule is NNC=NCCCC[C@H](NC(=O)CCS)C(=O)NCC(=O)N[C@@H](CC(=O)O)C(=O)N[C@@H](Cc1c[nH]c2ccccc12)C(=O)N1CCC[C@H]1C(=O)N[C@@H](CS)C(N)=O. The summed E-state index contributed by atoms with van der Waals surface area (Å²) in [5.74, 6) is -1.27. The molecule has 0 spiro atoms. The number of carbonyl (C=O) groups excluding carboxylic acids is 7. The topological polar surface area (TPSA) is 312 Å². The van der Waals surface area contributed by atoms with Gasteiger partial charge in [0.1, 0.15) is 30.2 Å². The molecule has 1 aliphatic heterocycles. The fraction of sp³-hybridized carbons (Fsp3) is 0.514. The van der Waals surface area contributed by atoms with Crippen LogP contribution in [0.4, 0.5) is 0 Å². The summed E-state index contributed by atoms with van der Waals surface area (Å²) < 4.78 is 0. The molecule has 1 aliphatic rings. The molecular weight excluding hydrogens is 783 g/mol. The van der Waals surface area contributed by atoms with Gasteiger partial charge in [-0.1, -0.05) is 18.2 Å². The van der Waals surface area contributed by atoms with Crippen molar-refractivity contribution in [3.8, 4) is 0 Å². The number of nitrogens with one attached hydrogen (secondary N) is 7. The minimum absolute atomic E-state index is 0.0487. The number of carbonyl (C=O) groups is 8. The van der Waals surface area contributed by atoms with E-state index in [2.05, 4.69) is 67.2 Å². The van der Waals surface area contributed by atoms with Crippen LogP contribution in [0.25, 0.3) is 10.9 Å². The third kappa shape index (κ3) is 14.6. The molecule has 1 aromatic carbocycles. The summed E-state index contributed by atoms with van der Waals surface area (Å²) in [5, 5.41) is 22.9. The molecule has 22 heteroatoms. The second-order valence-corrected chi connectivity index (χ2v) is 14.0. The molecule has 5 atom stereocenters. The zero-order chi connectivity index (χ0) is 41.9. The minimum Gasteiger partial charge on any atom is -0.481 e. The third-order valence-electron chi connectivity index (χ3n) is 9.03. The van der Waals surface area contributed by atoms with Gasteiger partial charge in [0.2, 0.25) is 41.4 Å². The van der Waals surface area contributed by atoms with E-state index < -0.39 is 90.5 Å². The van der Waals surface area contributed by atoms with Gasteiger partial charge in [-0.25, -0.2) is 5.84 Å². The van der Waals surface area contributed by atoms with Gasteiger partial charge in [-0.05, 0) is 49.5 Å². The number of carboxylic acids is 1. The van der Waals surface area contributed by atoms with E-state index in [0.29, 0.717) is 31.4 Å². The molecule has 0 bridgehead atoms. The van der Waals surface area contributed by atoms with Crippen LogP contribution < -0.4 is 43.6 Å². The molecule has 57 heavy (non-hydrogen) atoms. The van der Waals surface area contributed by atoms with Crippen LogP contribution in [-0.2, 0) is 44.8 Å². The number of carboxylic acid groups (broad SMARTS) is 1. The van der Waals surface area contributed by atoms with E-state index in [1.165, 1.54) is 11.2 Å². The lowest BCUT2D eigenvalue weighted by molar-refractivity contribution is -0.143. The molecule has 1 saturated heterocycles. The van der Waals surface area contributed by atoms with E-state index in [1.807, 2.05) is 18.2 Å². The lowest BCUT2D eigenvalue weighted by Crippen LogP contribution is -2.59. The molecule has 312 valence electrons. The maximum Gasteiger partial charge on any atom is 0.305 e. The number of amides is 7. The highest BCUT2D eigenvalue weighted by molar-refractivity contribution is 7.80. The lowest BCUT2D eigenvalue weighted by atomic mass is 10.0. The van der Waals surface area contributed by atoms with Gasteiger partial charge >= 0.3 is 5.97 Å². The van der Waals surface area contributed by atoms with Crippen LogP contribution in [0, 0.1) is 0 Å². The quantitative estimate of drug-likeness (QED) is 0.0133. The third-order valence-corrected chi connectivity index (χ3v) is 9.62. The lowest BCUT2D eigenvalue weighted by Gasteiger charge is -2.30. The second-order valence-electron chi connectivity index (χ2n) is 13.2. The number of fused-ring (bicyclic) bond motifs is 1. The number of nitrogens with two attached hydrogens (primary N) is 2. The van der Waals surface area contributed by atoms with Gasteiger partial charge in [0, 0.05) is 48.8 Å². The Balaban J connectivity index is 1.77. The van der Waals surface area contributed by atoms with Crippen LogP contribution in [0.5, 0.6) is 0 Å². The average molecular weight is 834 g/mol. The van der Waals surface area contributed by atoms with E-state index in [4.69, 9.17) is 11.6 Å². The summed E-state index contributed by atoms with van der Waals surface area (Å²) in [6, 6.07) is 1.10. The average Bonchev–Trinajstić information content (AvgIpc) is 3.84. The molecule has 0 saturated carbocycles. The zero-order valence-corrected chi connectivity index (χ0v) is 33.0. The van der Waals surface area contributed by atoms with E-state index in [1.54, 1.807) is 12.3 Å². The summed E-state index contributed by atoms with van der Waals surface area (Å²) in [6.45, 7) is -0.118. The largest absolute Gasteiger partial charge is 0.481 e. The number of aromatic nitrogens is 1. The number of unbranched alkanes of at least 4 members (excludes halogenated alkanes) is 1. The number of hydrogen-bond donors (Lipinski definition) is 12. The predicted molar refractivity (Wildman–Crippen MR) is 216 cm³/mol. The van der Waals surface area contributed by atoms with Crippen LogP contribution in [-0.4, -0.2) is 130 Å². The minimum atomic E-state index is -1.69. The number of rotatable bonds is 24. The molecule has 2 heterocycles. The van der Waals surface area contributed by atoms with Gasteiger partial charge < -0.3 is 52.7 Å². The van der Waals surface area contributed by atoms with Crippen molar-refractivity contribution >= 4 is 89.8 Å². The number of H-pyrrole nitrogens is 1. The smallest absolute Gasteiger partial charge is 0.305 e. The first-order chi connectivity index (χ1) is 27.3. The molecule has 0 unspecified atom stereocenters.